The zero-order valence-electron chi connectivity index (χ0n) is 13.9. The van der Waals surface area contributed by atoms with E-state index in [9.17, 15) is 23.6 Å². The van der Waals surface area contributed by atoms with Crippen LogP contribution in [0.4, 0.5) is 9.18 Å². The number of nitrogens with zero attached hydrogens (tertiary/aromatic N) is 1. The highest BCUT2D eigenvalue weighted by atomic mass is 19.1. The SMILES string of the molecule is CC[C@]1(c2ccccc2)C(=O)NC(=O)N(C(=O)c2cccc(F)c2)C1=O. The van der Waals surface area contributed by atoms with E-state index in [1.54, 1.807) is 37.3 Å². The molecule has 0 bridgehead atoms. The van der Waals surface area contributed by atoms with E-state index in [2.05, 4.69) is 5.32 Å². The molecule has 7 heteroatoms. The fourth-order valence-corrected chi connectivity index (χ4v) is 3.07. The second-order valence-corrected chi connectivity index (χ2v) is 5.84. The molecule has 5 amide bonds. The molecule has 1 atom stereocenters. The van der Waals surface area contributed by atoms with Gasteiger partial charge in [0.2, 0.25) is 5.91 Å². The van der Waals surface area contributed by atoms with Gasteiger partial charge in [-0.05, 0) is 30.2 Å². The van der Waals surface area contributed by atoms with Crippen molar-refractivity contribution in [2.45, 2.75) is 18.8 Å². The molecule has 1 N–H and O–H groups in total. The Bertz CT molecular complexity index is 913. The smallest absolute Gasteiger partial charge is 0.276 e. The fourth-order valence-electron chi connectivity index (χ4n) is 3.07. The maximum Gasteiger partial charge on any atom is 0.338 e. The van der Waals surface area contributed by atoms with Crippen molar-refractivity contribution in [3.05, 3.63) is 71.5 Å². The Kier molecular flexibility index (Phi) is 4.38. The zero-order valence-corrected chi connectivity index (χ0v) is 13.9. The molecular formula is C19H15FN2O4. The zero-order chi connectivity index (χ0) is 18.9. The van der Waals surface area contributed by atoms with Gasteiger partial charge >= 0.3 is 6.03 Å². The topological polar surface area (TPSA) is 83.6 Å². The summed E-state index contributed by atoms with van der Waals surface area (Å²) >= 11 is 0. The van der Waals surface area contributed by atoms with Gasteiger partial charge in [0.1, 0.15) is 5.82 Å². The van der Waals surface area contributed by atoms with Crippen molar-refractivity contribution in [1.29, 1.82) is 0 Å². The van der Waals surface area contributed by atoms with Gasteiger partial charge in [-0.25, -0.2) is 9.18 Å². The van der Waals surface area contributed by atoms with Crippen LogP contribution in [-0.4, -0.2) is 28.7 Å². The largest absolute Gasteiger partial charge is 0.338 e. The van der Waals surface area contributed by atoms with Gasteiger partial charge in [-0.1, -0.05) is 43.3 Å². The predicted octanol–water partition coefficient (Wildman–Crippen LogP) is 2.39. The summed E-state index contributed by atoms with van der Waals surface area (Å²) in [4.78, 5) is 51.0. The number of carbonyl (C=O) groups is 4. The molecule has 1 aliphatic heterocycles. The van der Waals surface area contributed by atoms with Crippen LogP contribution in [0, 0.1) is 5.82 Å². The average molecular weight is 354 g/mol. The van der Waals surface area contributed by atoms with Gasteiger partial charge in [-0.2, -0.15) is 4.90 Å². The van der Waals surface area contributed by atoms with E-state index in [0.717, 1.165) is 12.1 Å². The number of halogens is 1. The summed E-state index contributed by atoms with van der Waals surface area (Å²) in [6.07, 6.45) is 0.0435. The number of amides is 5. The number of barbiturate groups is 1. The van der Waals surface area contributed by atoms with Gasteiger partial charge in [0.05, 0.1) is 0 Å². The van der Waals surface area contributed by atoms with E-state index in [1.165, 1.54) is 12.1 Å². The normalized spacial score (nSPS) is 20.1. The van der Waals surface area contributed by atoms with Crippen LogP contribution in [0.3, 0.4) is 0 Å². The number of hydrogen-bond donors (Lipinski definition) is 1. The predicted molar refractivity (Wildman–Crippen MR) is 89.5 cm³/mol. The van der Waals surface area contributed by atoms with Crippen LogP contribution >= 0.6 is 0 Å². The first-order valence-electron chi connectivity index (χ1n) is 7.97. The summed E-state index contributed by atoms with van der Waals surface area (Å²) in [7, 11) is 0. The van der Waals surface area contributed by atoms with Crippen molar-refractivity contribution in [2.75, 3.05) is 0 Å². The van der Waals surface area contributed by atoms with Crippen LogP contribution in [0.15, 0.2) is 54.6 Å². The van der Waals surface area contributed by atoms with Crippen molar-refractivity contribution in [2.24, 2.45) is 0 Å². The number of nitrogens with one attached hydrogen (secondary N) is 1. The quantitative estimate of drug-likeness (QED) is 0.678. The van der Waals surface area contributed by atoms with Gasteiger partial charge in [-0.15, -0.1) is 0 Å². The van der Waals surface area contributed by atoms with E-state index in [0.29, 0.717) is 10.5 Å². The van der Waals surface area contributed by atoms with Crippen molar-refractivity contribution < 1.29 is 23.6 Å². The average Bonchev–Trinajstić information content (AvgIpc) is 2.63. The lowest BCUT2D eigenvalue weighted by Crippen LogP contribution is -2.67. The summed E-state index contributed by atoms with van der Waals surface area (Å²) < 4.78 is 13.4. The molecule has 0 radical (unpaired) electrons. The Morgan fingerprint density at radius 1 is 1.08 bits per heavy atom. The number of benzene rings is 2. The summed E-state index contributed by atoms with van der Waals surface area (Å²) in [5.74, 6) is -3.41. The summed E-state index contributed by atoms with van der Waals surface area (Å²) in [6.45, 7) is 1.62. The lowest BCUT2D eigenvalue weighted by molar-refractivity contribution is -0.143. The Morgan fingerprint density at radius 2 is 1.77 bits per heavy atom. The third-order valence-electron chi connectivity index (χ3n) is 4.45. The Balaban J connectivity index is 2.10. The first kappa shape index (κ1) is 17.5. The highest BCUT2D eigenvalue weighted by molar-refractivity contribution is 6.30. The third-order valence-corrected chi connectivity index (χ3v) is 4.45. The molecule has 1 saturated heterocycles. The van der Waals surface area contributed by atoms with Crippen LogP contribution in [0.25, 0.3) is 0 Å². The summed E-state index contributed by atoms with van der Waals surface area (Å²) in [5, 5.41) is 2.08. The maximum absolute atomic E-state index is 13.4. The lowest BCUT2D eigenvalue weighted by atomic mass is 9.74. The standard InChI is InChI=1S/C19H15FN2O4/c1-2-19(13-8-4-3-5-9-13)16(24)21-18(26)22(17(19)25)15(23)12-7-6-10-14(20)11-12/h3-11H,2H2,1H3,(H,21,24,26)/t19-/m0/s1. The van der Waals surface area contributed by atoms with Crippen LogP contribution in [0.1, 0.15) is 29.3 Å². The van der Waals surface area contributed by atoms with E-state index < -0.39 is 35.0 Å². The van der Waals surface area contributed by atoms with Crippen molar-refractivity contribution in [3.63, 3.8) is 0 Å². The molecule has 0 aliphatic carbocycles. The van der Waals surface area contributed by atoms with Gasteiger partial charge < -0.3 is 0 Å². The second kappa shape index (κ2) is 6.51. The fraction of sp³-hybridized carbons (Fsp3) is 0.158. The molecule has 0 aromatic heterocycles. The van der Waals surface area contributed by atoms with Crippen LogP contribution < -0.4 is 5.32 Å². The molecular weight excluding hydrogens is 339 g/mol. The molecule has 1 aliphatic rings. The molecule has 3 rings (SSSR count). The van der Waals surface area contributed by atoms with Crippen LogP contribution in [-0.2, 0) is 15.0 Å². The highest BCUT2D eigenvalue weighted by Gasteiger charge is 2.55. The second-order valence-electron chi connectivity index (χ2n) is 5.84. The number of imide groups is 4. The maximum atomic E-state index is 13.4. The van der Waals surface area contributed by atoms with Crippen molar-refractivity contribution in [3.8, 4) is 0 Å². The first-order valence-corrected chi connectivity index (χ1v) is 7.97. The molecule has 132 valence electrons. The Hall–Kier alpha value is -3.35. The molecule has 0 saturated carbocycles. The molecule has 6 nitrogen and oxygen atoms in total. The number of rotatable bonds is 3. The van der Waals surface area contributed by atoms with Gasteiger partial charge in [0.15, 0.2) is 5.41 Å². The lowest BCUT2D eigenvalue weighted by Gasteiger charge is -2.38. The first-order chi connectivity index (χ1) is 12.4. The number of urea groups is 1. The monoisotopic (exact) mass is 354 g/mol. The van der Waals surface area contributed by atoms with Crippen molar-refractivity contribution >= 4 is 23.8 Å². The van der Waals surface area contributed by atoms with Gasteiger partial charge in [0, 0.05) is 5.56 Å². The van der Waals surface area contributed by atoms with Crippen LogP contribution in [0.2, 0.25) is 0 Å². The summed E-state index contributed by atoms with van der Waals surface area (Å²) in [5.41, 5.74) is -1.51. The van der Waals surface area contributed by atoms with E-state index in [4.69, 9.17) is 0 Å². The molecule has 1 heterocycles. The minimum Gasteiger partial charge on any atom is -0.276 e. The van der Waals surface area contributed by atoms with Gasteiger partial charge in [-0.3, -0.25) is 19.7 Å². The minimum absolute atomic E-state index is 0.0435. The number of carbonyl (C=O) groups excluding carboxylic acids is 4. The van der Waals surface area contributed by atoms with Gasteiger partial charge in [0.25, 0.3) is 11.8 Å². The third kappa shape index (κ3) is 2.57. The molecule has 0 unspecified atom stereocenters. The molecule has 0 spiro atoms. The Morgan fingerprint density at radius 3 is 2.38 bits per heavy atom. The van der Waals surface area contributed by atoms with E-state index in [1.807, 2.05) is 0 Å². The number of hydrogen-bond acceptors (Lipinski definition) is 4. The van der Waals surface area contributed by atoms with Crippen molar-refractivity contribution in [1.82, 2.24) is 10.2 Å². The molecule has 26 heavy (non-hydrogen) atoms. The Labute approximate surface area is 148 Å². The minimum atomic E-state index is -1.71. The van der Waals surface area contributed by atoms with Crippen LogP contribution in [0.5, 0.6) is 0 Å². The van der Waals surface area contributed by atoms with E-state index >= 15 is 0 Å². The molecule has 2 aromatic rings. The summed E-state index contributed by atoms with van der Waals surface area (Å²) in [6, 6.07) is 11.7. The highest BCUT2D eigenvalue weighted by Crippen LogP contribution is 2.34. The molecule has 2 aromatic carbocycles. The van der Waals surface area contributed by atoms with E-state index in [-0.39, 0.29) is 12.0 Å². The molecule has 1 fully saturated rings.